The fourth-order valence-electron chi connectivity index (χ4n) is 3.53. The molecule has 0 atom stereocenters. The van der Waals surface area contributed by atoms with Crippen LogP contribution in [0.3, 0.4) is 0 Å². The molecule has 0 fully saturated rings. The van der Waals surface area contributed by atoms with Crippen molar-refractivity contribution in [3.05, 3.63) is 90.0 Å². The third-order valence-corrected chi connectivity index (χ3v) is 5.17. The van der Waals surface area contributed by atoms with Gasteiger partial charge in [-0.05, 0) is 55.7 Å². The minimum Gasteiger partial charge on any atom is -0.493 e. The molecule has 1 amide bonds. The van der Waals surface area contributed by atoms with E-state index in [0.29, 0.717) is 18.8 Å². The van der Waals surface area contributed by atoms with E-state index in [0.717, 1.165) is 47.6 Å². The second kappa shape index (κ2) is 9.89. The second-order valence-electron chi connectivity index (χ2n) is 7.39. The molecule has 0 aliphatic carbocycles. The maximum absolute atomic E-state index is 12.4. The zero-order valence-electron chi connectivity index (χ0n) is 17.6. The summed E-state index contributed by atoms with van der Waals surface area (Å²) < 4.78 is 8.10. The molecule has 0 aliphatic heterocycles. The molecular formula is C25H26N4O2. The average Bonchev–Trinajstić information content (AvgIpc) is 3.16. The van der Waals surface area contributed by atoms with Gasteiger partial charge in [0.2, 0.25) is 0 Å². The Morgan fingerprint density at radius 1 is 1.00 bits per heavy atom. The summed E-state index contributed by atoms with van der Waals surface area (Å²) in [5.74, 6) is 1.57. The summed E-state index contributed by atoms with van der Waals surface area (Å²) in [6, 6.07) is 21.4. The van der Waals surface area contributed by atoms with Gasteiger partial charge in [-0.25, -0.2) is 4.98 Å². The van der Waals surface area contributed by atoms with Gasteiger partial charge in [-0.3, -0.25) is 9.78 Å². The first-order valence-corrected chi connectivity index (χ1v) is 10.5. The first kappa shape index (κ1) is 20.6. The minimum atomic E-state index is -0.203. The van der Waals surface area contributed by atoms with Crippen molar-refractivity contribution >= 4 is 16.9 Å². The Hall–Kier alpha value is -3.67. The number of imidazole rings is 1. The molecule has 0 bridgehead atoms. The molecule has 6 heteroatoms. The largest absolute Gasteiger partial charge is 0.493 e. The highest BCUT2D eigenvalue weighted by molar-refractivity contribution is 5.92. The molecular weight excluding hydrogens is 388 g/mol. The van der Waals surface area contributed by atoms with E-state index in [1.807, 2.05) is 36.4 Å². The number of aromatic nitrogens is 3. The summed E-state index contributed by atoms with van der Waals surface area (Å²) >= 11 is 0. The lowest BCUT2D eigenvalue weighted by Gasteiger charge is -2.11. The number of pyridine rings is 1. The van der Waals surface area contributed by atoms with Crippen molar-refractivity contribution in [1.82, 2.24) is 19.9 Å². The van der Waals surface area contributed by atoms with Crippen LogP contribution in [0.25, 0.3) is 11.0 Å². The van der Waals surface area contributed by atoms with Gasteiger partial charge >= 0.3 is 0 Å². The quantitative estimate of drug-likeness (QED) is 0.409. The number of nitrogens with one attached hydrogen (secondary N) is 1. The van der Waals surface area contributed by atoms with E-state index in [9.17, 15) is 4.79 Å². The van der Waals surface area contributed by atoms with Crippen LogP contribution in [0, 0.1) is 6.92 Å². The van der Waals surface area contributed by atoms with Crippen LogP contribution < -0.4 is 10.1 Å². The van der Waals surface area contributed by atoms with E-state index in [1.54, 1.807) is 24.4 Å². The predicted octanol–water partition coefficient (Wildman–Crippen LogP) is 4.53. The number of para-hydroxylation sites is 3. The minimum absolute atomic E-state index is 0.203. The zero-order valence-corrected chi connectivity index (χ0v) is 17.6. The van der Waals surface area contributed by atoms with Crippen molar-refractivity contribution in [2.24, 2.45) is 0 Å². The Morgan fingerprint density at radius 2 is 1.81 bits per heavy atom. The molecule has 0 radical (unpaired) electrons. The zero-order chi connectivity index (χ0) is 21.5. The number of unbranched alkanes of at least 4 members (excludes halogenated alkanes) is 1. The van der Waals surface area contributed by atoms with E-state index in [2.05, 4.69) is 33.9 Å². The van der Waals surface area contributed by atoms with Crippen molar-refractivity contribution in [3.63, 3.8) is 0 Å². The highest BCUT2D eigenvalue weighted by atomic mass is 16.5. The van der Waals surface area contributed by atoms with Gasteiger partial charge in [-0.1, -0.05) is 36.4 Å². The lowest BCUT2D eigenvalue weighted by Crippen LogP contribution is -2.25. The normalized spacial score (nSPS) is 10.9. The van der Waals surface area contributed by atoms with E-state index in [4.69, 9.17) is 9.72 Å². The van der Waals surface area contributed by atoms with Gasteiger partial charge in [0, 0.05) is 12.7 Å². The fraction of sp³-hybridized carbons (Fsp3) is 0.240. The van der Waals surface area contributed by atoms with Gasteiger partial charge in [0.25, 0.3) is 5.91 Å². The summed E-state index contributed by atoms with van der Waals surface area (Å²) in [5, 5.41) is 2.94. The van der Waals surface area contributed by atoms with Crippen molar-refractivity contribution in [2.75, 3.05) is 6.61 Å². The van der Waals surface area contributed by atoms with E-state index >= 15 is 0 Å². The van der Waals surface area contributed by atoms with Crippen LogP contribution in [0.2, 0.25) is 0 Å². The first-order chi connectivity index (χ1) is 15.2. The number of carbonyl (C=O) groups is 1. The van der Waals surface area contributed by atoms with Crippen LogP contribution in [0.1, 0.15) is 34.7 Å². The highest BCUT2D eigenvalue weighted by Crippen LogP contribution is 2.19. The number of nitrogens with zero attached hydrogens (tertiary/aromatic N) is 3. The van der Waals surface area contributed by atoms with E-state index in [-0.39, 0.29) is 5.91 Å². The fourth-order valence-corrected chi connectivity index (χ4v) is 3.53. The van der Waals surface area contributed by atoms with Crippen molar-refractivity contribution in [1.29, 1.82) is 0 Å². The smallest absolute Gasteiger partial charge is 0.270 e. The Bertz CT molecular complexity index is 1150. The van der Waals surface area contributed by atoms with Crippen molar-refractivity contribution in [3.8, 4) is 5.75 Å². The molecule has 0 saturated carbocycles. The number of hydrogen-bond acceptors (Lipinski definition) is 4. The molecule has 0 unspecified atom stereocenters. The molecule has 0 saturated heterocycles. The number of hydrogen-bond donors (Lipinski definition) is 1. The number of carbonyl (C=O) groups excluding carboxylic acids is 1. The van der Waals surface area contributed by atoms with Crippen LogP contribution in [0.5, 0.6) is 5.75 Å². The Kier molecular flexibility index (Phi) is 6.57. The molecule has 2 heterocycles. The lowest BCUT2D eigenvalue weighted by molar-refractivity contribution is 0.0944. The summed E-state index contributed by atoms with van der Waals surface area (Å²) in [7, 11) is 0. The highest BCUT2D eigenvalue weighted by Gasteiger charge is 2.12. The number of aryl methyl sites for hydroxylation is 2. The summed E-state index contributed by atoms with van der Waals surface area (Å²) in [6.07, 6.45) is 3.50. The van der Waals surface area contributed by atoms with Crippen molar-refractivity contribution in [2.45, 2.75) is 32.9 Å². The second-order valence-corrected chi connectivity index (χ2v) is 7.39. The van der Waals surface area contributed by atoms with Gasteiger partial charge < -0.3 is 14.6 Å². The molecule has 0 spiro atoms. The van der Waals surface area contributed by atoms with Crippen molar-refractivity contribution < 1.29 is 9.53 Å². The van der Waals surface area contributed by atoms with Crippen LogP contribution in [0.4, 0.5) is 0 Å². The number of ether oxygens (including phenoxy) is 1. The van der Waals surface area contributed by atoms with Crippen LogP contribution in [-0.2, 0) is 13.1 Å². The third kappa shape index (κ3) is 5.09. The van der Waals surface area contributed by atoms with Gasteiger partial charge in [-0.15, -0.1) is 0 Å². The van der Waals surface area contributed by atoms with Gasteiger partial charge in [0.05, 0.1) is 24.2 Å². The first-order valence-electron chi connectivity index (χ1n) is 10.5. The van der Waals surface area contributed by atoms with E-state index < -0.39 is 0 Å². The SMILES string of the molecule is Cc1ccccc1OCCCCn1c(CNC(=O)c2ccccn2)nc2ccccc21. The number of benzene rings is 2. The number of fused-ring (bicyclic) bond motifs is 1. The Morgan fingerprint density at radius 3 is 2.65 bits per heavy atom. The summed E-state index contributed by atoms with van der Waals surface area (Å²) in [5.41, 5.74) is 3.55. The van der Waals surface area contributed by atoms with Gasteiger partial charge in [-0.2, -0.15) is 0 Å². The monoisotopic (exact) mass is 414 g/mol. The molecule has 4 aromatic rings. The third-order valence-electron chi connectivity index (χ3n) is 5.17. The van der Waals surface area contributed by atoms with Gasteiger partial charge in [0.15, 0.2) is 0 Å². The van der Waals surface area contributed by atoms with Gasteiger partial charge in [0.1, 0.15) is 17.3 Å². The molecule has 1 N–H and O–H groups in total. The molecule has 6 nitrogen and oxygen atoms in total. The number of rotatable bonds is 9. The topological polar surface area (TPSA) is 69.0 Å². The Balaban J connectivity index is 1.38. The standard InChI is InChI=1S/C25H26N4O2/c1-19-10-2-5-14-23(19)31-17-9-8-16-29-22-13-4-3-11-20(22)28-24(29)18-27-25(30)21-12-6-7-15-26-21/h2-7,10-15H,8-9,16-18H2,1H3,(H,27,30). The van der Waals surface area contributed by atoms with Crippen LogP contribution in [0.15, 0.2) is 72.9 Å². The Labute approximate surface area is 181 Å². The molecule has 2 aromatic heterocycles. The summed E-state index contributed by atoms with van der Waals surface area (Å²) in [6.45, 7) is 3.89. The maximum atomic E-state index is 12.4. The summed E-state index contributed by atoms with van der Waals surface area (Å²) in [4.78, 5) is 21.2. The molecule has 31 heavy (non-hydrogen) atoms. The molecule has 158 valence electrons. The van der Waals surface area contributed by atoms with Crippen LogP contribution >= 0.6 is 0 Å². The maximum Gasteiger partial charge on any atom is 0.270 e. The molecule has 2 aromatic carbocycles. The average molecular weight is 415 g/mol. The predicted molar refractivity (Wildman–Crippen MR) is 121 cm³/mol. The van der Waals surface area contributed by atoms with E-state index in [1.165, 1.54) is 0 Å². The molecule has 4 rings (SSSR count). The lowest BCUT2D eigenvalue weighted by atomic mass is 10.2. The van der Waals surface area contributed by atoms with Crippen LogP contribution in [-0.4, -0.2) is 27.0 Å². The number of amides is 1. The molecule has 0 aliphatic rings.